The average Bonchev–Trinajstić information content (AvgIpc) is 2.21. The molecule has 0 spiro atoms. The quantitative estimate of drug-likeness (QED) is 0.525. The van der Waals surface area contributed by atoms with Gasteiger partial charge >= 0.3 is 0 Å². The summed E-state index contributed by atoms with van der Waals surface area (Å²) in [5.74, 6) is 0.957. The van der Waals surface area contributed by atoms with Crippen LogP contribution in [-0.4, -0.2) is 13.1 Å². The van der Waals surface area contributed by atoms with Gasteiger partial charge in [-0.3, -0.25) is 0 Å². The van der Waals surface area contributed by atoms with Gasteiger partial charge in [-0.05, 0) is 31.8 Å². The van der Waals surface area contributed by atoms with Gasteiger partial charge in [0.25, 0.3) is 0 Å². The second-order valence-electron chi connectivity index (χ2n) is 4.31. The van der Waals surface area contributed by atoms with Gasteiger partial charge in [-0.15, -0.1) is 0 Å². The molecule has 0 radical (unpaired) electrons. The molecule has 0 rings (SSSR count). The van der Waals surface area contributed by atoms with Crippen LogP contribution in [0.15, 0.2) is 0 Å². The molecule has 0 bridgehead atoms. The van der Waals surface area contributed by atoms with E-state index in [4.69, 9.17) is 0 Å². The van der Waals surface area contributed by atoms with E-state index in [9.17, 15) is 0 Å². The van der Waals surface area contributed by atoms with Crippen LogP contribution in [0.5, 0.6) is 0 Å². The Morgan fingerprint density at radius 1 is 0.857 bits per heavy atom. The van der Waals surface area contributed by atoms with Crippen LogP contribution in [0.3, 0.4) is 0 Å². The second kappa shape index (κ2) is 11.0. The third kappa shape index (κ3) is 8.55. The predicted molar refractivity (Wildman–Crippen MR) is 65.7 cm³/mol. The van der Waals surface area contributed by atoms with E-state index in [1.807, 2.05) is 0 Å². The van der Waals surface area contributed by atoms with Crippen molar-refractivity contribution in [2.75, 3.05) is 13.1 Å². The van der Waals surface area contributed by atoms with Gasteiger partial charge in [0.15, 0.2) is 0 Å². The molecule has 0 aromatic carbocycles. The first-order valence-electron chi connectivity index (χ1n) is 6.55. The predicted octanol–water partition coefficient (Wildman–Crippen LogP) is 3.98. The topological polar surface area (TPSA) is 12.0 Å². The monoisotopic (exact) mass is 199 g/mol. The fourth-order valence-electron chi connectivity index (χ4n) is 1.89. The molecule has 14 heavy (non-hydrogen) atoms. The molecule has 0 heterocycles. The molecular formula is C13H29N. The highest BCUT2D eigenvalue weighted by Gasteiger charge is 2.03. The summed E-state index contributed by atoms with van der Waals surface area (Å²) in [6, 6.07) is 0. The molecule has 0 aliphatic carbocycles. The van der Waals surface area contributed by atoms with Crippen molar-refractivity contribution in [1.29, 1.82) is 0 Å². The Morgan fingerprint density at radius 2 is 1.64 bits per heavy atom. The number of rotatable bonds is 10. The summed E-state index contributed by atoms with van der Waals surface area (Å²) in [4.78, 5) is 0. The highest BCUT2D eigenvalue weighted by atomic mass is 14.8. The molecule has 0 amide bonds. The third-order valence-electron chi connectivity index (χ3n) is 2.96. The lowest BCUT2D eigenvalue weighted by atomic mass is 9.97. The van der Waals surface area contributed by atoms with Crippen molar-refractivity contribution in [1.82, 2.24) is 5.32 Å². The molecule has 0 aromatic heterocycles. The first-order chi connectivity index (χ1) is 6.85. The zero-order valence-electron chi connectivity index (χ0n) is 10.4. The van der Waals surface area contributed by atoms with Crippen LogP contribution in [0.25, 0.3) is 0 Å². The van der Waals surface area contributed by atoms with Gasteiger partial charge in [0.2, 0.25) is 0 Å². The van der Waals surface area contributed by atoms with E-state index < -0.39 is 0 Å². The van der Waals surface area contributed by atoms with Crippen LogP contribution in [0.4, 0.5) is 0 Å². The first kappa shape index (κ1) is 14.0. The molecule has 0 aliphatic rings. The maximum atomic E-state index is 3.54. The highest BCUT2D eigenvalue weighted by Crippen LogP contribution is 2.13. The van der Waals surface area contributed by atoms with E-state index >= 15 is 0 Å². The normalized spacial score (nSPS) is 13.1. The Kier molecular flexibility index (Phi) is 11.0. The molecule has 1 N–H and O–H groups in total. The van der Waals surface area contributed by atoms with E-state index in [1.165, 1.54) is 58.0 Å². The zero-order chi connectivity index (χ0) is 10.6. The summed E-state index contributed by atoms with van der Waals surface area (Å²) in [6.07, 6.45) is 9.53. The third-order valence-corrected chi connectivity index (χ3v) is 2.96. The molecule has 86 valence electrons. The molecule has 0 aliphatic heterocycles. The fourth-order valence-corrected chi connectivity index (χ4v) is 1.89. The van der Waals surface area contributed by atoms with E-state index in [2.05, 4.69) is 26.1 Å². The van der Waals surface area contributed by atoms with E-state index in [1.54, 1.807) is 0 Å². The van der Waals surface area contributed by atoms with Crippen LogP contribution in [-0.2, 0) is 0 Å². The maximum absolute atomic E-state index is 3.54. The standard InChI is InChI=1S/C13H29N/c1-4-7-8-11-14-12-10-13(6-3)9-5-2/h13-14H,4-12H2,1-3H3. The molecule has 1 unspecified atom stereocenters. The lowest BCUT2D eigenvalue weighted by Crippen LogP contribution is -2.19. The van der Waals surface area contributed by atoms with Crippen molar-refractivity contribution < 1.29 is 0 Å². The van der Waals surface area contributed by atoms with Crippen molar-refractivity contribution in [3.63, 3.8) is 0 Å². The van der Waals surface area contributed by atoms with Crippen molar-refractivity contribution >= 4 is 0 Å². The van der Waals surface area contributed by atoms with Gasteiger partial charge in [0.05, 0.1) is 0 Å². The van der Waals surface area contributed by atoms with Gasteiger partial charge in [-0.1, -0.05) is 52.9 Å². The van der Waals surface area contributed by atoms with Gasteiger partial charge in [-0.25, -0.2) is 0 Å². The average molecular weight is 199 g/mol. The number of hydrogen-bond donors (Lipinski definition) is 1. The maximum Gasteiger partial charge on any atom is -0.00463 e. The Morgan fingerprint density at radius 3 is 2.21 bits per heavy atom. The van der Waals surface area contributed by atoms with Crippen LogP contribution in [0.1, 0.15) is 65.7 Å². The lowest BCUT2D eigenvalue weighted by molar-refractivity contribution is 0.417. The molecule has 1 heteroatoms. The SMILES string of the molecule is CCCCCNCCC(CC)CCC. The number of nitrogens with one attached hydrogen (secondary N) is 1. The summed E-state index contributed by atoms with van der Waals surface area (Å²) >= 11 is 0. The largest absolute Gasteiger partial charge is 0.317 e. The first-order valence-corrected chi connectivity index (χ1v) is 6.55. The lowest BCUT2D eigenvalue weighted by Gasteiger charge is -2.13. The smallest absolute Gasteiger partial charge is 0.00463 e. The van der Waals surface area contributed by atoms with Gasteiger partial charge in [0.1, 0.15) is 0 Å². The van der Waals surface area contributed by atoms with E-state index in [-0.39, 0.29) is 0 Å². The van der Waals surface area contributed by atoms with Crippen LogP contribution >= 0.6 is 0 Å². The summed E-state index contributed by atoms with van der Waals surface area (Å²) in [5.41, 5.74) is 0. The van der Waals surface area contributed by atoms with Crippen LogP contribution < -0.4 is 5.32 Å². The Balaban J connectivity index is 3.15. The summed E-state index contributed by atoms with van der Waals surface area (Å²) < 4.78 is 0. The minimum atomic E-state index is 0.957. The Hall–Kier alpha value is -0.0400. The Labute approximate surface area is 90.7 Å². The van der Waals surface area contributed by atoms with Crippen LogP contribution in [0.2, 0.25) is 0 Å². The number of hydrogen-bond acceptors (Lipinski definition) is 1. The zero-order valence-corrected chi connectivity index (χ0v) is 10.4. The van der Waals surface area contributed by atoms with Crippen molar-refractivity contribution in [3.05, 3.63) is 0 Å². The van der Waals surface area contributed by atoms with Crippen molar-refractivity contribution in [2.24, 2.45) is 5.92 Å². The van der Waals surface area contributed by atoms with Crippen molar-refractivity contribution in [3.8, 4) is 0 Å². The van der Waals surface area contributed by atoms with E-state index in [0.29, 0.717) is 0 Å². The van der Waals surface area contributed by atoms with Gasteiger partial charge in [0, 0.05) is 0 Å². The van der Waals surface area contributed by atoms with E-state index in [0.717, 1.165) is 5.92 Å². The Bertz CT molecular complexity index is 101. The molecule has 0 fully saturated rings. The number of unbranched alkanes of at least 4 members (excludes halogenated alkanes) is 2. The summed E-state index contributed by atoms with van der Waals surface area (Å²) in [7, 11) is 0. The molecule has 0 saturated carbocycles. The molecule has 0 aromatic rings. The minimum Gasteiger partial charge on any atom is -0.317 e. The molecule has 1 nitrogen and oxygen atoms in total. The highest BCUT2D eigenvalue weighted by molar-refractivity contribution is 4.59. The molecular weight excluding hydrogens is 170 g/mol. The second-order valence-corrected chi connectivity index (χ2v) is 4.31. The van der Waals surface area contributed by atoms with Crippen LogP contribution in [0, 0.1) is 5.92 Å². The van der Waals surface area contributed by atoms with Gasteiger partial charge < -0.3 is 5.32 Å². The fraction of sp³-hybridized carbons (Fsp3) is 1.00. The van der Waals surface area contributed by atoms with Crippen molar-refractivity contribution in [2.45, 2.75) is 65.7 Å². The van der Waals surface area contributed by atoms with Gasteiger partial charge in [-0.2, -0.15) is 0 Å². The molecule has 0 saturated heterocycles. The summed E-state index contributed by atoms with van der Waals surface area (Å²) in [5, 5.41) is 3.54. The molecule has 1 atom stereocenters. The minimum absolute atomic E-state index is 0.957. The summed E-state index contributed by atoms with van der Waals surface area (Å²) in [6.45, 7) is 9.31.